The summed E-state index contributed by atoms with van der Waals surface area (Å²) in [7, 11) is 1.74. The van der Waals surface area contributed by atoms with Gasteiger partial charge in [0.05, 0.1) is 6.04 Å². The molecule has 22 heavy (non-hydrogen) atoms. The lowest BCUT2D eigenvalue weighted by atomic mass is 9.95. The van der Waals surface area contributed by atoms with Crippen molar-refractivity contribution in [3.05, 3.63) is 35.4 Å². The molecule has 0 saturated heterocycles. The number of halogens is 1. The number of carbonyl (C=O) groups is 2. The molecule has 0 fully saturated rings. The summed E-state index contributed by atoms with van der Waals surface area (Å²) >= 11 is 0. The number of fused-ring (bicyclic) bond motifs is 1. The molecule has 2 N–H and O–H groups in total. The number of amides is 2. The Morgan fingerprint density at radius 3 is 2.64 bits per heavy atom. The van der Waals surface area contributed by atoms with Crippen LogP contribution in [0.1, 0.15) is 25.0 Å². The highest BCUT2D eigenvalue weighted by Gasteiger charge is 2.26. The van der Waals surface area contributed by atoms with Crippen molar-refractivity contribution in [3.8, 4) is 0 Å². The number of nitrogens with one attached hydrogen (secondary N) is 2. The van der Waals surface area contributed by atoms with Crippen LogP contribution in [0.5, 0.6) is 0 Å². The Kier molecular flexibility index (Phi) is 6.84. The Morgan fingerprint density at radius 2 is 2.00 bits per heavy atom. The van der Waals surface area contributed by atoms with Gasteiger partial charge in [0.25, 0.3) is 0 Å². The smallest absolute Gasteiger partial charge is 0.244 e. The number of hydrogen-bond donors (Lipinski definition) is 2. The fraction of sp³-hybridized carbons (Fsp3) is 0.500. The van der Waals surface area contributed by atoms with Crippen molar-refractivity contribution in [2.75, 3.05) is 13.6 Å². The molecule has 2 atom stereocenters. The Hall–Kier alpha value is -1.59. The van der Waals surface area contributed by atoms with E-state index >= 15 is 0 Å². The fourth-order valence-electron chi connectivity index (χ4n) is 2.50. The van der Waals surface area contributed by atoms with Crippen LogP contribution >= 0.6 is 12.4 Å². The first-order chi connectivity index (χ1) is 10.0. The fourth-order valence-corrected chi connectivity index (χ4v) is 2.50. The maximum Gasteiger partial charge on any atom is 0.244 e. The molecular weight excluding hydrogens is 302 g/mol. The second-order valence-electron chi connectivity index (χ2n) is 5.49. The predicted octanol–water partition coefficient (Wildman–Crippen LogP) is 1.11. The quantitative estimate of drug-likeness (QED) is 0.871. The van der Waals surface area contributed by atoms with Crippen molar-refractivity contribution in [2.45, 2.75) is 38.9 Å². The van der Waals surface area contributed by atoms with Crippen LogP contribution in [0.2, 0.25) is 0 Å². The summed E-state index contributed by atoms with van der Waals surface area (Å²) in [4.78, 5) is 25.9. The largest absolute Gasteiger partial charge is 0.344 e. The van der Waals surface area contributed by atoms with Crippen molar-refractivity contribution >= 4 is 24.2 Å². The van der Waals surface area contributed by atoms with Crippen LogP contribution in [-0.4, -0.2) is 42.4 Å². The van der Waals surface area contributed by atoms with Gasteiger partial charge in [0.1, 0.15) is 6.04 Å². The van der Waals surface area contributed by atoms with Crippen molar-refractivity contribution in [2.24, 2.45) is 0 Å². The monoisotopic (exact) mass is 325 g/mol. The Balaban J connectivity index is 0.00000242. The summed E-state index contributed by atoms with van der Waals surface area (Å²) in [6, 6.07) is 7.34. The van der Waals surface area contributed by atoms with Gasteiger partial charge >= 0.3 is 0 Å². The normalized spacial score (nSPS) is 17.7. The van der Waals surface area contributed by atoms with Crippen LogP contribution < -0.4 is 10.6 Å². The second-order valence-corrected chi connectivity index (χ2v) is 5.49. The third-order valence-corrected chi connectivity index (χ3v) is 3.98. The Morgan fingerprint density at radius 1 is 1.36 bits per heavy atom. The Bertz CT molecular complexity index is 536. The lowest BCUT2D eigenvalue weighted by molar-refractivity contribution is -0.135. The summed E-state index contributed by atoms with van der Waals surface area (Å²) in [5, 5.41) is 6.03. The first-order valence-corrected chi connectivity index (χ1v) is 7.38. The number of likely N-dealkylation sites (N-methyl/N-ethyl adjacent to an activating group) is 1. The van der Waals surface area contributed by atoms with Crippen LogP contribution in [0.25, 0.3) is 0 Å². The number of hydrogen-bond acceptors (Lipinski definition) is 3. The van der Waals surface area contributed by atoms with Gasteiger partial charge < -0.3 is 15.5 Å². The minimum absolute atomic E-state index is 0. The molecule has 0 aliphatic carbocycles. The molecular formula is C16H24ClN3O2. The molecule has 0 bridgehead atoms. The average molecular weight is 326 g/mol. The third kappa shape index (κ3) is 4.21. The minimum atomic E-state index is -0.499. The molecule has 1 heterocycles. The van der Waals surface area contributed by atoms with E-state index in [-0.39, 0.29) is 30.3 Å². The molecule has 0 spiro atoms. The van der Waals surface area contributed by atoms with E-state index in [1.165, 1.54) is 11.1 Å². The highest BCUT2D eigenvalue weighted by Crippen LogP contribution is 2.16. The van der Waals surface area contributed by atoms with Gasteiger partial charge in [-0.1, -0.05) is 24.3 Å². The number of rotatable bonds is 4. The second kappa shape index (κ2) is 8.15. The first-order valence-electron chi connectivity index (χ1n) is 7.38. The lowest BCUT2D eigenvalue weighted by Gasteiger charge is -2.27. The van der Waals surface area contributed by atoms with Gasteiger partial charge in [-0.15, -0.1) is 12.4 Å². The van der Waals surface area contributed by atoms with Gasteiger partial charge in [-0.25, -0.2) is 0 Å². The summed E-state index contributed by atoms with van der Waals surface area (Å²) in [6.45, 7) is 4.95. The maximum atomic E-state index is 12.3. The molecule has 6 heteroatoms. The van der Waals surface area contributed by atoms with E-state index in [4.69, 9.17) is 0 Å². The van der Waals surface area contributed by atoms with E-state index in [0.717, 1.165) is 0 Å². The van der Waals surface area contributed by atoms with Crippen LogP contribution in [0.4, 0.5) is 0 Å². The molecule has 5 nitrogen and oxygen atoms in total. The van der Waals surface area contributed by atoms with Crippen LogP contribution in [0, 0.1) is 0 Å². The summed E-state index contributed by atoms with van der Waals surface area (Å²) < 4.78 is 0. The van der Waals surface area contributed by atoms with Crippen LogP contribution in [-0.2, 0) is 22.6 Å². The highest BCUT2D eigenvalue weighted by molar-refractivity contribution is 5.89. The molecule has 0 radical (unpaired) electrons. The number of nitrogens with zero attached hydrogens (tertiary/aromatic N) is 1. The van der Waals surface area contributed by atoms with Crippen molar-refractivity contribution in [3.63, 3.8) is 0 Å². The summed E-state index contributed by atoms with van der Waals surface area (Å²) in [5.41, 5.74) is 2.43. The zero-order chi connectivity index (χ0) is 15.4. The molecule has 0 saturated carbocycles. The molecule has 1 aliphatic heterocycles. The van der Waals surface area contributed by atoms with Crippen LogP contribution in [0.3, 0.4) is 0 Å². The van der Waals surface area contributed by atoms with Gasteiger partial charge in [-0.05, 0) is 31.4 Å². The standard InChI is InChI=1S/C16H23N3O2.ClH/c1-4-19(3)16(21)11(2)18-15(20)14-9-12-7-5-6-8-13(12)10-17-14;/h5-8,11,14,17H,4,9-10H2,1-3H3,(H,18,20);1H. The zero-order valence-electron chi connectivity index (χ0n) is 13.3. The van der Waals surface area contributed by atoms with Gasteiger partial charge in [0.2, 0.25) is 11.8 Å². The predicted molar refractivity (Wildman–Crippen MR) is 88.9 cm³/mol. The van der Waals surface area contributed by atoms with Gasteiger partial charge in [-0.2, -0.15) is 0 Å². The SMILES string of the molecule is CCN(C)C(=O)C(C)NC(=O)C1Cc2ccccc2CN1.Cl. The average Bonchev–Trinajstić information content (AvgIpc) is 2.52. The molecule has 2 unspecified atom stereocenters. The van der Waals surface area contributed by atoms with Gasteiger partial charge in [0, 0.05) is 20.1 Å². The van der Waals surface area contributed by atoms with Crippen LogP contribution in [0.15, 0.2) is 24.3 Å². The van der Waals surface area contributed by atoms with E-state index in [1.54, 1.807) is 18.9 Å². The van der Waals surface area contributed by atoms with E-state index in [1.807, 2.05) is 19.1 Å². The first kappa shape index (κ1) is 18.5. The van der Waals surface area contributed by atoms with E-state index in [2.05, 4.69) is 22.8 Å². The third-order valence-electron chi connectivity index (χ3n) is 3.98. The molecule has 2 rings (SSSR count). The summed E-state index contributed by atoms with van der Waals surface area (Å²) in [6.07, 6.45) is 0.659. The molecule has 2 amide bonds. The summed E-state index contributed by atoms with van der Waals surface area (Å²) in [5.74, 6) is -0.183. The highest BCUT2D eigenvalue weighted by atomic mass is 35.5. The van der Waals surface area contributed by atoms with Crippen molar-refractivity contribution < 1.29 is 9.59 Å². The van der Waals surface area contributed by atoms with Gasteiger partial charge in [-0.3, -0.25) is 9.59 Å². The number of benzene rings is 1. The van der Waals surface area contributed by atoms with Gasteiger partial charge in [0.15, 0.2) is 0 Å². The Labute approximate surface area is 137 Å². The molecule has 1 aromatic carbocycles. The maximum absolute atomic E-state index is 12.3. The van der Waals surface area contributed by atoms with E-state index < -0.39 is 6.04 Å². The van der Waals surface area contributed by atoms with E-state index in [9.17, 15) is 9.59 Å². The van der Waals surface area contributed by atoms with E-state index in [0.29, 0.717) is 19.5 Å². The molecule has 1 aliphatic rings. The number of carbonyl (C=O) groups excluding carboxylic acids is 2. The lowest BCUT2D eigenvalue weighted by Crippen LogP contribution is -2.53. The topological polar surface area (TPSA) is 61.4 Å². The zero-order valence-corrected chi connectivity index (χ0v) is 14.1. The minimum Gasteiger partial charge on any atom is -0.344 e. The molecule has 0 aromatic heterocycles. The molecule has 122 valence electrons. The molecule has 1 aromatic rings. The van der Waals surface area contributed by atoms with Crippen molar-refractivity contribution in [1.29, 1.82) is 0 Å². The van der Waals surface area contributed by atoms with Crippen molar-refractivity contribution in [1.82, 2.24) is 15.5 Å².